The van der Waals surface area contributed by atoms with E-state index in [1.807, 2.05) is 0 Å². The van der Waals surface area contributed by atoms with E-state index in [1.54, 1.807) is 0 Å². The minimum Gasteiger partial charge on any atom is -0.0654 e. The lowest BCUT2D eigenvalue weighted by Gasteiger charge is -2.26. The van der Waals surface area contributed by atoms with Crippen LogP contribution in [0.1, 0.15) is 170 Å². The number of unbranched alkanes of at least 4 members (excludes halogenated alkanes) is 10. The van der Waals surface area contributed by atoms with Gasteiger partial charge < -0.3 is 0 Å². The van der Waals surface area contributed by atoms with Crippen molar-refractivity contribution < 1.29 is 0 Å². The van der Waals surface area contributed by atoms with Crippen molar-refractivity contribution in [3.05, 3.63) is 0 Å². The number of hydrogen-bond donors (Lipinski definition) is 0. The minimum atomic E-state index is 0.928. The monoisotopic (exact) mass is 422 g/mol. The van der Waals surface area contributed by atoms with Crippen molar-refractivity contribution in [2.75, 3.05) is 0 Å². The zero-order valence-corrected chi connectivity index (χ0v) is 22.5. The average Bonchev–Trinajstić information content (AvgIpc) is 2.73. The lowest BCUT2D eigenvalue weighted by Crippen LogP contribution is -2.14. The van der Waals surface area contributed by atoms with Crippen LogP contribution in [0.2, 0.25) is 0 Å². The Labute approximate surface area is 193 Å². The molecule has 0 spiro atoms. The summed E-state index contributed by atoms with van der Waals surface area (Å²) in [5.41, 5.74) is 0. The van der Waals surface area contributed by atoms with Gasteiger partial charge in [-0.2, -0.15) is 0 Å². The molecule has 0 aromatic carbocycles. The molecule has 30 heavy (non-hydrogen) atoms. The average molecular weight is 423 g/mol. The molecule has 0 saturated carbocycles. The van der Waals surface area contributed by atoms with Gasteiger partial charge in [-0.25, -0.2) is 0 Å². The molecule has 0 aliphatic carbocycles. The third-order valence-corrected chi connectivity index (χ3v) is 7.71. The van der Waals surface area contributed by atoms with E-state index in [2.05, 4.69) is 41.5 Å². The maximum atomic E-state index is 2.59. The molecule has 0 heterocycles. The van der Waals surface area contributed by atoms with Crippen LogP contribution in [0.4, 0.5) is 0 Å². The summed E-state index contributed by atoms with van der Waals surface area (Å²) < 4.78 is 0. The first-order valence-corrected chi connectivity index (χ1v) is 14.5. The van der Waals surface area contributed by atoms with Crippen LogP contribution < -0.4 is 0 Å². The van der Waals surface area contributed by atoms with Crippen LogP contribution in [0.5, 0.6) is 0 Å². The van der Waals surface area contributed by atoms with Crippen LogP contribution in [0.3, 0.4) is 0 Å². The Balaban J connectivity index is 4.27. The molecule has 0 heteroatoms. The van der Waals surface area contributed by atoms with Gasteiger partial charge in [0.25, 0.3) is 0 Å². The Morgan fingerprint density at radius 2 is 0.800 bits per heavy atom. The third kappa shape index (κ3) is 18.7. The van der Waals surface area contributed by atoms with E-state index in [-0.39, 0.29) is 0 Å². The predicted octanol–water partition coefficient (Wildman–Crippen LogP) is 11.4. The standard InChI is InChI=1S/C30H62/c1-7-10-12-14-16-18-21-29(6)30(22-19-17-15-13-11-8-2)26-25-28(5)24-23-27(4)20-9-3/h27-30H,7-26H2,1-6H3. The second kappa shape index (κ2) is 22.2. The SMILES string of the molecule is CCCCCCCCC(C)C(CCCCCCCC)CCC(C)CCC(C)CCC. The van der Waals surface area contributed by atoms with E-state index in [9.17, 15) is 0 Å². The summed E-state index contributed by atoms with van der Waals surface area (Å²) in [7, 11) is 0. The maximum Gasteiger partial charge on any atom is -0.0388 e. The fourth-order valence-electron chi connectivity index (χ4n) is 5.23. The first-order valence-electron chi connectivity index (χ1n) is 14.5. The van der Waals surface area contributed by atoms with Gasteiger partial charge >= 0.3 is 0 Å². The second-order valence-corrected chi connectivity index (χ2v) is 11.0. The lowest BCUT2D eigenvalue weighted by molar-refractivity contribution is 0.257. The Kier molecular flexibility index (Phi) is 22.2. The van der Waals surface area contributed by atoms with Crippen molar-refractivity contribution in [2.45, 2.75) is 170 Å². The highest BCUT2D eigenvalue weighted by Gasteiger charge is 2.18. The molecule has 0 amide bonds. The van der Waals surface area contributed by atoms with E-state index in [1.165, 1.54) is 128 Å². The molecule has 0 nitrogen and oxygen atoms in total. The van der Waals surface area contributed by atoms with E-state index < -0.39 is 0 Å². The Morgan fingerprint density at radius 3 is 1.33 bits per heavy atom. The summed E-state index contributed by atoms with van der Waals surface area (Å²) in [4.78, 5) is 0. The molecule has 182 valence electrons. The molecule has 0 rings (SSSR count). The highest BCUT2D eigenvalue weighted by atomic mass is 14.2. The van der Waals surface area contributed by atoms with Gasteiger partial charge in [0, 0.05) is 0 Å². The van der Waals surface area contributed by atoms with Crippen molar-refractivity contribution >= 4 is 0 Å². The molecule has 0 bridgehead atoms. The van der Waals surface area contributed by atoms with Gasteiger partial charge in [-0.05, 0) is 30.1 Å². The Morgan fingerprint density at radius 1 is 0.367 bits per heavy atom. The summed E-state index contributed by atoms with van der Waals surface area (Å²) in [5.74, 6) is 3.79. The number of hydrogen-bond acceptors (Lipinski definition) is 0. The highest BCUT2D eigenvalue weighted by Crippen LogP contribution is 2.31. The van der Waals surface area contributed by atoms with Crippen LogP contribution in [0, 0.1) is 23.7 Å². The third-order valence-electron chi connectivity index (χ3n) is 7.71. The summed E-state index contributed by atoms with van der Waals surface area (Å²) >= 11 is 0. The summed E-state index contributed by atoms with van der Waals surface area (Å²) in [6, 6.07) is 0. The Bertz CT molecular complexity index is 320. The maximum absolute atomic E-state index is 2.59. The van der Waals surface area contributed by atoms with E-state index in [0.29, 0.717) is 0 Å². The van der Waals surface area contributed by atoms with E-state index in [0.717, 1.165) is 23.7 Å². The van der Waals surface area contributed by atoms with Gasteiger partial charge in [-0.15, -0.1) is 0 Å². The molecule has 0 fully saturated rings. The molecule has 4 atom stereocenters. The molecular formula is C30H62. The lowest BCUT2D eigenvalue weighted by atomic mass is 9.80. The molecular weight excluding hydrogens is 360 g/mol. The van der Waals surface area contributed by atoms with E-state index in [4.69, 9.17) is 0 Å². The smallest absolute Gasteiger partial charge is 0.0388 e. The van der Waals surface area contributed by atoms with Crippen LogP contribution in [-0.4, -0.2) is 0 Å². The van der Waals surface area contributed by atoms with Crippen LogP contribution in [-0.2, 0) is 0 Å². The zero-order chi connectivity index (χ0) is 22.5. The van der Waals surface area contributed by atoms with Crippen LogP contribution >= 0.6 is 0 Å². The molecule has 0 aliphatic rings. The summed E-state index contributed by atoms with van der Waals surface area (Å²) in [6.07, 6.45) is 29.0. The van der Waals surface area contributed by atoms with Crippen LogP contribution in [0.25, 0.3) is 0 Å². The fraction of sp³-hybridized carbons (Fsp3) is 1.00. The summed E-state index contributed by atoms with van der Waals surface area (Å²) in [6.45, 7) is 14.5. The Hall–Kier alpha value is 0. The van der Waals surface area contributed by atoms with Gasteiger partial charge in [-0.3, -0.25) is 0 Å². The normalized spacial score (nSPS) is 15.8. The first kappa shape index (κ1) is 30.0. The van der Waals surface area contributed by atoms with Crippen molar-refractivity contribution in [1.29, 1.82) is 0 Å². The van der Waals surface area contributed by atoms with Crippen molar-refractivity contribution in [3.63, 3.8) is 0 Å². The molecule has 0 aliphatic heterocycles. The van der Waals surface area contributed by atoms with E-state index >= 15 is 0 Å². The molecule has 0 radical (unpaired) electrons. The van der Waals surface area contributed by atoms with Gasteiger partial charge in [0.05, 0.1) is 0 Å². The van der Waals surface area contributed by atoms with Gasteiger partial charge in [0.1, 0.15) is 0 Å². The molecule has 4 unspecified atom stereocenters. The van der Waals surface area contributed by atoms with Crippen molar-refractivity contribution in [1.82, 2.24) is 0 Å². The highest BCUT2D eigenvalue weighted by molar-refractivity contribution is 4.70. The fourth-order valence-corrected chi connectivity index (χ4v) is 5.23. The topological polar surface area (TPSA) is 0 Å². The molecule has 0 aromatic rings. The van der Waals surface area contributed by atoms with Crippen molar-refractivity contribution in [2.24, 2.45) is 23.7 Å². The van der Waals surface area contributed by atoms with Gasteiger partial charge in [-0.1, -0.05) is 164 Å². The minimum absolute atomic E-state index is 0.928. The predicted molar refractivity (Wildman–Crippen MR) is 140 cm³/mol. The second-order valence-electron chi connectivity index (χ2n) is 11.0. The van der Waals surface area contributed by atoms with Crippen LogP contribution in [0.15, 0.2) is 0 Å². The molecule has 0 N–H and O–H groups in total. The number of rotatable bonds is 23. The largest absolute Gasteiger partial charge is 0.0654 e. The van der Waals surface area contributed by atoms with Gasteiger partial charge in [0.15, 0.2) is 0 Å². The van der Waals surface area contributed by atoms with Crippen molar-refractivity contribution in [3.8, 4) is 0 Å². The van der Waals surface area contributed by atoms with Gasteiger partial charge in [0.2, 0.25) is 0 Å². The zero-order valence-electron chi connectivity index (χ0n) is 22.5. The molecule has 0 saturated heterocycles. The molecule has 0 aromatic heterocycles. The summed E-state index contributed by atoms with van der Waals surface area (Å²) in [5, 5.41) is 0. The first-order chi connectivity index (χ1) is 14.5. The quantitative estimate of drug-likeness (QED) is 0.144.